The van der Waals surface area contributed by atoms with Crippen molar-refractivity contribution in [2.75, 3.05) is 53.4 Å². The van der Waals surface area contributed by atoms with E-state index in [0.29, 0.717) is 19.6 Å². The lowest BCUT2D eigenvalue weighted by atomic mass is 10.3. The molecule has 0 aromatic heterocycles. The van der Waals surface area contributed by atoms with Gasteiger partial charge in [0.05, 0.1) is 0 Å². The van der Waals surface area contributed by atoms with Crippen molar-refractivity contribution in [3.05, 3.63) is 0 Å². The lowest BCUT2D eigenvalue weighted by Gasteiger charge is -2.33. The van der Waals surface area contributed by atoms with E-state index in [0.717, 1.165) is 26.1 Å². The van der Waals surface area contributed by atoms with Crippen LogP contribution < -0.4 is 5.32 Å². The third-order valence-corrected chi connectivity index (χ3v) is 5.58. The summed E-state index contributed by atoms with van der Waals surface area (Å²) in [5, 5.41) is 3.23. The zero-order valence-electron chi connectivity index (χ0n) is 12.6. The Labute approximate surface area is 117 Å². The fourth-order valence-corrected chi connectivity index (χ4v) is 4.35. The third kappa shape index (κ3) is 4.68. The normalized spacial score (nSPS) is 20.7. The first-order valence-electron chi connectivity index (χ1n) is 7.02. The number of nitrogens with one attached hydrogen (secondary N) is 1. The molecule has 19 heavy (non-hydrogen) atoms. The highest BCUT2D eigenvalue weighted by molar-refractivity contribution is 7.86. The maximum atomic E-state index is 12.7. The van der Waals surface area contributed by atoms with E-state index in [1.807, 2.05) is 32.8 Å². The molecule has 114 valence electrons. The van der Waals surface area contributed by atoms with Crippen LogP contribution in [0.4, 0.5) is 0 Å². The molecule has 1 rings (SSSR count). The number of hydrogen-bond acceptors (Lipinski definition) is 4. The molecule has 0 aliphatic carbocycles. The SMILES string of the molecule is CCN(C(C)CN(C)C)S(=O)(=O)N1CCCNCC1. The monoisotopic (exact) mass is 292 g/mol. The Morgan fingerprint density at radius 1 is 1.26 bits per heavy atom. The summed E-state index contributed by atoms with van der Waals surface area (Å²) in [5.41, 5.74) is 0. The minimum atomic E-state index is -3.34. The molecule has 1 heterocycles. The van der Waals surface area contributed by atoms with E-state index in [2.05, 4.69) is 5.32 Å². The second-order valence-electron chi connectivity index (χ2n) is 5.32. The molecule has 1 fully saturated rings. The minimum Gasteiger partial charge on any atom is -0.315 e. The smallest absolute Gasteiger partial charge is 0.282 e. The number of rotatable bonds is 6. The highest BCUT2D eigenvalue weighted by Crippen LogP contribution is 2.14. The van der Waals surface area contributed by atoms with Gasteiger partial charge in [-0.1, -0.05) is 6.92 Å². The fraction of sp³-hybridized carbons (Fsp3) is 1.00. The largest absolute Gasteiger partial charge is 0.315 e. The van der Waals surface area contributed by atoms with Gasteiger partial charge in [0.15, 0.2) is 0 Å². The van der Waals surface area contributed by atoms with Crippen LogP contribution in [0.1, 0.15) is 20.3 Å². The molecule has 1 saturated heterocycles. The first-order chi connectivity index (χ1) is 8.89. The zero-order chi connectivity index (χ0) is 14.5. The Hall–Kier alpha value is -0.210. The van der Waals surface area contributed by atoms with E-state index in [9.17, 15) is 8.42 Å². The van der Waals surface area contributed by atoms with E-state index >= 15 is 0 Å². The minimum absolute atomic E-state index is 0.0128. The molecule has 6 nitrogen and oxygen atoms in total. The second kappa shape index (κ2) is 7.54. The van der Waals surface area contributed by atoms with Crippen LogP contribution in [0.3, 0.4) is 0 Å². The lowest BCUT2D eigenvalue weighted by Crippen LogP contribution is -2.51. The number of nitrogens with zero attached hydrogens (tertiary/aromatic N) is 3. The van der Waals surface area contributed by atoms with Gasteiger partial charge in [0.25, 0.3) is 10.2 Å². The first-order valence-corrected chi connectivity index (χ1v) is 8.41. The summed E-state index contributed by atoms with van der Waals surface area (Å²) in [6.45, 7) is 7.93. The zero-order valence-corrected chi connectivity index (χ0v) is 13.4. The van der Waals surface area contributed by atoms with Crippen LogP contribution in [-0.4, -0.2) is 81.3 Å². The maximum absolute atomic E-state index is 12.7. The molecule has 0 spiro atoms. The van der Waals surface area contributed by atoms with E-state index in [-0.39, 0.29) is 6.04 Å². The van der Waals surface area contributed by atoms with Crippen LogP contribution in [0.15, 0.2) is 0 Å². The average Bonchev–Trinajstić information content (AvgIpc) is 2.57. The van der Waals surface area contributed by atoms with Crippen LogP contribution in [0.2, 0.25) is 0 Å². The molecule has 7 heteroatoms. The topological polar surface area (TPSA) is 55.9 Å². The van der Waals surface area contributed by atoms with Crippen LogP contribution in [0.25, 0.3) is 0 Å². The molecule has 1 aliphatic rings. The van der Waals surface area contributed by atoms with Gasteiger partial charge in [0.1, 0.15) is 0 Å². The lowest BCUT2D eigenvalue weighted by molar-refractivity contribution is 0.253. The molecule has 0 aromatic carbocycles. The average molecular weight is 292 g/mol. The van der Waals surface area contributed by atoms with E-state index in [1.165, 1.54) is 0 Å². The third-order valence-electron chi connectivity index (χ3n) is 3.35. The van der Waals surface area contributed by atoms with Crippen LogP contribution >= 0.6 is 0 Å². The standard InChI is InChI=1S/C12H28N4O2S/c1-5-16(12(2)11-14(3)4)19(17,18)15-9-6-7-13-8-10-15/h12-13H,5-11H2,1-4H3. The summed E-state index contributed by atoms with van der Waals surface area (Å²) in [6.07, 6.45) is 0.874. The molecule has 0 amide bonds. The summed E-state index contributed by atoms with van der Waals surface area (Å²) in [4.78, 5) is 2.02. The van der Waals surface area contributed by atoms with Crippen molar-refractivity contribution in [2.24, 2.45) is 0 Å². The van der Waals surface area contributed by atoms with Crippen molar-refractivity contribution < 1.29 is 8.42 Å². The highest BCUT2D eigenvalue weighted by Gasteiger charge is 2.32. The molecule has 0 radical (unpaired) electrons. The van der Waals surface area contributed by atoms with Crippen LogP contribution in [-0.2, 0) is 10.2 Å². The number of hydrogen-bond donors (Lipinski definition) is 1. The predicted octanol–water partition coefficient (Wildman–Crippen LogP) is -0.201. The van der Waals surface area contributed by atoms with Gasteiger partial charge < -0.3 is 10.2 Å². The van der Waals surface area contributed by atoms with Crippen molar-refractivity contribution in [2.45, 2.75) is 26.3 Å². The molecule has 1 N–H and O–H groups in total. The van der Waals surface area contributed by atoms with E-state index in [4.69, 9.17) is 0 Å². The Kier molecular flexibility index (Phi) is 6.68. The van der Waals surface area contributed by atoms with E-state index < -0.39 is 10.2 Å². The summed E-state index contributed by atoms with van der Waals surface area (Å²) < 4.78 is 28.6. The molecule has 1 unspecified atom stereocenters. The van der Waals surface area contributed by atoms with Gasteiger partial charge in [0, 0.05) is 38.8 Å². The van der Waals surface area contributed by atoms with Crippen molar-refractivity contribution >= 4 is 10.2 Å². The Morgan fingerprint density at radius 3 is 2.53 bits per heavy atom. The summed E-state index contributed by atoms with van der Waals surface area (Å²) in [6, 6.07) is -0.0128. The maximum Gasteiger partial charge on any atom is 0.282 e. The van der Waals surface area contributed by atoms with Gasteiger partial charge in [-0.25, -0.2) is 0 Å². The van der Waals surface area contributed by atoms with Crippen molar-refractivity contribution in [1.29, 1.82) is 0 Å². The molecule has 1 aliphatic heterocycles. The summed E-state index contributed by atoms with van der Waals surface area (Å²) >= 11 is 0. The quantitative estimate of drug-likeness (QED) is 0.736. The molecule has 0 saturated carbocycles. The van der Waals surface area contributed by atoms with Crippen molar-refractivity contribution in [1.82, 2.24) is 18.8 Å². The predicted molar refractivity (Wildman–Crippen MR) is 78.4 cm³/mol. The van der Waals surface area contributed by atoms with Gasteiger partial charge >= 0.3 is 0 Å². The Balaban J connectivity index is 2.81. The van der Waals surface area contributed by atoms with Crippen LogP contribution in [0.5, 0.6) is 0 Å². The summed E-state index contributed by atoms with van der Waals surface area (Å²) in [7, 11) is 0.588. The molecular formula is C12H28N4O2S. The molecule has 0 aromatic rings. The van der Waals surface area contributed by atoms with E-state index in [1.54, 1.807) is 8.61 Å². The number of likely N-dealkylation sites (N-methyl/N-ethyl adjacent to an activating group) is 2. The van der Waals surface area contributed by atoms with Gasteiger partial charge in [-0.3, -0.25) is 0 Å². The molecule has 0 bridgehead atoms. The highest BCUT2D eigenvalue weighted by atomic mass is 32.2. The van der Waals surface area contributed by atoms with Gasteiger partial charge in [0.2, 0.25) is 0 Å². The van der Waals surface area contributed by atoms with Crippen molar-refractivity contribution in [3.63, 3.8) is 0 Å². The first kappa shape index (κ1) is 16.8. The Morgan fingerprint density at radius 2 is 1.95 bits per heavy atom. The molecule has 1 atom stereocenters. The van der Waals surface area contributed by atoms with Gasteiger partial charge in [-0.15, -0.1) is 0 Å². The second-order valence-corrected chi connectivity index (χ2v) is 7.21. The summed E-state index contributed by atoms with van der Waals surface area (Å²) in [5.74, 6) is 0. The molecular weight excluding hydrogens is 264 g/mol. The van der Waals surface area contributed by atoms with Gasteiger partial charge in [-0.05, 0) is 34.0 Å². The Bertz CT molecular complexity index is 351. The van der Waals surface area contributed by atoms with Crippen molar-refractivity contribution in [3.8, 4) is 0 Å². The fourth-order valence-electron chi connectivity index (χ4n) is 2.52. The van der Waals surface area contributed by atoms with Gasteiger partial charge in [-0.2, -0.15) is 17.0 Å². The van der Waals surface area contributed by atoms with Crippen LogP contribution in [0, 0.1) is 0 Å².